The lowest BCUT2D eigenvalue weighted by atomic mass is 9.93. The predicted octanol–water partition coefficient (Wildman–Crippen LogP) is 2.93. The molecule has 2 rings (SSSR count). The van der Waals surface area contributed by atoms with Crippen molar-refractivity contribution >= 4 is 0 Å². The molecule has 1 aromatic rings. The van der Waals surface area contributed by atoms with Crippen molar-refractivity contribution in [3.05, 3.63) is 23.0 Å². The van der Waals surface area contributed by atoms with Gasteiger partial charge in [0.2, 0.25) is 0 Å². The Balaban J connectivity index is 2.11. The maximum Gasteiger partial charge on any atom is 0.0676 e. The molecule has 1 atom stereocenters. The van der Waals surface area contributed by atoms with Crippen molar-refractivity contribution in [2.45, 2.75) is 58.4 Å². The van der Waals surface area contributed by atoms with Gasteiger partial charge in [0.15, 0.2) is 0 Å². The van der Waals surface area contributed by atoms with Crippen LogP contribution in [0.5, 0.6) is 0 Å². The minimum atomic E-state index is 0.141. The van der Waals surface area contributed by atoms with E-state index in [4.69, 9.17) is 5.73 Å². The van der Waals surface area contributed by atoms with Crippen LogP contribution in [-0.2, 0) is 6.42 Å². The highest BCUT2D eigenvalue weighted by molar-refractivity contribution is 5.24. The van der Waals surface area contributed by atoms with Crippen LogP contribution in [0, 0.1) is 12.8 Å². The number of nitrogens with zero attached hydrogens (tertiary/aromatic N) is 2. The Morgan fingerprint density at radius 2 is 2.06 bits per heavy atom. The molecule has 1 aliphatic rings. The zero-order chi connectivity index (χ0) is 12.3. The maximum absolute atomic E-state index is 6.35. The van der Waals surface area contributed by atoms with Gasteiger partial charge in [0, 0.05) is 6.04 Å². The molecular formula is C14H23N3. The van der Waals surface area contributed by atoms with E-state index in [2.05, 4.69) is 23.2 Å². The summed E-state index contributed by atoms with van der Waals surface area (Å²) in [4.78, 5) is 0. The van der Waals surface area contributed by atoms with Gasteiger partial charge in [0.1, 0.15) is 0 Å². The van der Waals surface area contributed by atoms with E-state index in [1.165, 1.54) is 31.2 Å². The molecule has 0 spiro atoms. The number of aromatic nitrogens is 2. The molecule has 0 aliphatic heterocycles. The topological polar surface area (TPSA) is 51.8 Å². The second-order valence-corrected chi connectivity index (χ2v) is 5.23. The molecule has 3 heteroatoms. The summed E-state index contributed by atoms with van der Waals surface area (Å²) in [7, 11) is 0. The van der Waals surface area contributed by atoms with Crippen LogP contribution in [-0.4, -0.2) is 10.2 Å². The molecule has 2 N–H and O–H groups in total. The lowest BCUT2D eigenvalue weighted by Crippen LogP contribution is -2.17. The average Bonchev–Trinajstić information content (AvgIpc) is 2.81. The van der Waals surface area contributed by atoms with Crippen molar-refractivity contribution in [1.82, 2.24) is 10.2 Å². The van der Waals surface area contributed by atoms with Crippen LogP contribution in [0.25, 0.3) is 0 Å². The predicted molar refractivity (Wildman–Crippen MR) is 69.7 cm³/mol. The molecule has 1 unspecified atom stereocenters. The molecule has 0 amide bonds. The lowest BCUT2D eigenvalue weighted by molar-refractivity contribution is 0.447. The van der Waals surface area contributed by atoms with E-state index in [1.54, 1.807) is 0 Å². The first kappa shape index (κ1) is 12.5. The largest absolute Gasteiger partial charge is 0.324 e. The third-order valence-electron chi connectivity index (χ3n) is 3.82. The van der Waals surface area contributed by atoms with E-state index in [0.29, 0.717) is 0 Å². The molecule has 1 aromatic heterocycles. The van der Waals surface area contributed by atoms with Crippen molar-refractivity contribution in [2.24, 2.45) is 11.7 Å². The van der Waals surface area contributed by atoms with Crippen molar-refractivity contribution in [3.8, 4) is 0 Å². The van der Waals surface area contributed by atoms with Gasteiger partial charge in [-0.3, -0.25) is 0 Å². The van der Waals surface area contributed by atoms with E-state index >= 15 is 0 Å². The molecule has 17 heavy (non-hydrogen) atoms. The van der Waals surface area contributed by atoms with Gasteiger partial charge in [-0.2, -0.15) is 10.2 Å². The molecule has 0 aromatic carbocycles. The Bertz CT molecular complexity index is 370. The Hall–Kier alpha value is -0.960. The van der Waals surface area contributed by atoms with Gasteiger partial charge in [-0.15, -0.1) is 0 Å². The fraction of sp³-hybridized carbons (Fsp3) is 0.714. The first-order valence-electron chi connectivity index (χ1n) is 6.79. The standard InChI is InChI=1S/C14H23N3/c1-3-14-12(8-10(2)16-17-14)13(15)9-11-6-4-5-7-11/h8,11,13H,3-7,9,15H2,1-2H3. The van der Waals surface area contributed by atoms with Crippen LogP contribution >= 0.6 is 0 Å². The molecule has 1 heterocycles. The van der Waals surface area contributed by atoms with Crippen LogP contribution in [0.2, 0.25) is 0 Å². The first-order chi connectivity index (χ1) is 8.20. The molecule has 1 aliphatic carbocycles. The highest BCUT2D eigenvalue weighted by Crippen LogP contribution is 2.32. The van der Waals surface area contributed by atoms with Crippen LogP contribution in [0.4, 0.5) is 0 Å². The second-order valence-electron chi connectivity index (χ2n) is 5.23. The molecule has 1 fully saturated rings. The zero-order valence-corrected chi connectivity index (χ0v) is 10.9. The third kappa shape index (κ3) is 3.03. The van der Waals surface area contributed by atoms with Crippen molar-refractivity contribution in [1.29, 1.82) is 0 Å². The minimum Gasteiger partial charge on any atom is -0.324 e. The Morgan fingerprint density at radius 3 is 2.71 bits per heavy atom. The first-order valence-corrected chi connectivity index (χ1v) is 6.79. The van der Waals surface area contributed by atoms with Crippen LogP contribution in [0.15, 0.2) is 6.07 Å². The van der Waals surface area contributed by atoms with E-state index in [0.717, 1.165) is 30.1 Å². The molecule has 94 valence electrons. The molecule has 0 radical (unpaired) electrons. The summed E-state index contributed by atoms with van der Waals surface area (Å²) in [6.07, 6.45) is 7.50. The Morgan fingerprint density at radius 1 is 1.35 bits per heavy atom. The van der Waals surface area contributed by atoms with Gasteiger partial charge in [-0.1, -0.05) is 32.6 Å². The number of aryl methyl sites for hydroxylation is 2. The monoisotopic (exact) mass is 233 g/mol. The highest BCUT2D eigenvalue weighted by atomic mass is 15.1. The Kier molecular flexibility index (Phi) is 4.11. The number of hydrogen-bond acceptors (Lipinski definition) is 3. The van der Waals surface area contributed by atoms with Gasteiger partial charge < -0.3 is 5.73 Å². The summed E-state index contributed by atoms with van der Waals surface area (Å²) in [6, 6.07) is 2.26. The van der Waals surface area contributed by atoms with E-state index in [1.807, 2.05) is 6.92 Å². The minimum absolute atomic E-state index is 0.141. The summed E-state index contributed by atoms with van der Waals surface area (Å²) in [6.45, 7) is 4.10. The number of hydrogen-bond donors (Lipinski definition) is 1. The second kappa shape index (κ2) is 5.58. The van der Waals surface area contributed by atoms with E-state index in [9.17, 15) is 0 Å². The molecule has 0 saturated heterocycles. The SMILES string of the molecule is CCc1nnc(C)cc1C(N)CC1CCCC1. The summed E-state index contributed by atoms with van der Waals surface area (Å²) in [5.41, 5.74) is 9.61. The van der Waals surface area contributed by atoms with Crippen LogP contribution in [0.3, 0.4) is 0 Å². The molecule has 1 saturated carbocycles. The molecule has 3 nitrogen and oxygen atoms in total. The summed E-state index contributed by atoms with van der Waals surface area (Å²) < 4.78 is 0. The zero-order valence-electron chi connectivity index (χ0n) is 10.9. The fourth-order valence-corrected chi connectivity index (χ4v) is 2.86. The summed E-state index contributed by atoms with van der Waals surface area (Å²) in [5.74, 6) is 0.822. The van der Waals surface area contributed by atoms with Crippen molar-refractivity contribution in [2.75, 3.05) is 0 Å². The van der Waals surface area contributed by atoms with Gasteiger partial charge in [-0.05, 0) is 37.3 Å². The van der Waals surface area contributed by atoms with Crippen molar-refractivity contribution in [3.63, 3.8) is 0 Å². The smallest absolute Gasteiger partial charge is 0.0676 e. The third-order valence-corrected chi connectivity index (χ3v) is 3.82. The molecule has 0 bridgehead atoms. The maximum atomic E-state index is 6.35. The lowest BCUT2D eigenvalue weighted by Gasteiger charge is -2.18. The molecular weight excluding hydrogens is 210 g/mol. The Labute approximate surface area is 104 Å². The van der Waals surface area contributed by atoms with Crippen molar-refractivity contribution < 1.29 is 0 Å². The van der Waals surface area contributed by atoms with Gasteiger partial charge in [0.05, 0.1) is 11.4 Å². The highest BCUT2D eigenvalue weighted by Gasteiger charge is 2.20. The fourth-order valence-electron chi connectivity index (χ4n) is 2.86. The summed E-state index contributed by atoms with van der Waals surface area (Å²) in [5, 5.41) is 8.38. The summed E-state index contributed by atoms with van der Waals surface area (Å²) >= 11 is 0. The van der Waals surface area contributed by atoms with E-state index in [-0.39, 0.29) is 6.04 Å². The van der Waals surface area contributed by atoms with E-state index < -0.39 is 0 Å². The van der Waals surface area contributed by atoms with Crippen LogP contribution < -0.4 is 5.73 Å². The quantitative estimate of drug-likeness (QED) is 0.870. The average molecular weight is 233 g/mol. The van der Waals surface area contributed by atoms with Gasteiger partial charge >= 0.3 is 0 Å². The number of nitrogens with two attached hydrogens (primary N) is 1. The van der Waals surface area contributed by atoms with Gasteiger partial charge in [-0.25, -0.2) is 0 Å². The van der Waals surface area contributed by atoms with Crippen LogP contribution in [0.1, 0.15) is 62.0 Å². The number of rotatable bonds is 4. The van der Waals surface area contributed by atoms with Gasteiger partial charge in [0.25, 0.3) is 0 Å². The normalized spacial score (nSPS) is 18.5.